The van der Waals surface area contributed by atoms with E-state index < -0.39 is 5.54 Å². The first-order valence-electron chi connectivity index (χ1n) is 12.3. The van der Waals surface area contributed by atoms with Crippen molar-refractivity contribution in [2.45, 2.75) is 69.9 Å². The Labute approximate surface area is 199 Å². The van der Waals surface area contributed by atoms with E-state index >= 15 is 0 Å². The maximum absolute atomic E-state index is 14.3. The van der Waals surface area contributed by atoms with Crippen molar-refractivity contribution in [2.24, 2.45) is 22.1 Å². The van der Waals surface area contributed by atoms with E-state index in [1.54, 1.807) is 11.1 Å². The predicted molar refractivity (Wildman–Crippen MR) is 127 cm³/mol. The highest BCUT2D eigenvalue weighted by Gasteiger charge is 2.66. The molecule has 1 aromatic heterocycles. The molecule has 2 aromatic rings. The Kier molecular flexibility index (Phi) is 4.86. The lowest BCUT2D eigenvalue weighted by Gasteiger charge is -2.44. The van der Waals surface area contributed by atoms with Crippen LogP contribution in [0.2, 0.25) is 0 Å². The lowest BCUT2D eigenvalue weighted by molar-refractivity contribution is -0.138. The van der Waals surface area contributed by atoms with Crippen molar-refractivity contribution in [3.05, 3.63) is 52.7 Å². The number of hydrogen-bond acceptors (Lipinski definition) is 6. The first-order chi connectivity index (χ1) is 16.4. The molecule has 1 atom stereocenters. The maximum atomic E-state index is 14.3. The standard InChI is InChI=1S/C27H30N4O3/c1-17-16-29-23(34-17)10-13-31-24(33)27(30-25(31)28)22-14-19(5-4-18-2-3-18)6-7-20(22)15-26(27)11-8-21(32)9-12-26/h6-7,14,16,18,21,32H,2-3,8-13,15H2,1H3,(H2,28,30). The van der Waals surface area contributed by atoms with Gasteiger partial charge in [0.1, 0.15) is 5.76 Å². The molecule has 4 aliphatic rings. The summed E-state index contributed by atoms with van der Waals surface area (Å²) in [6, 6.07) is 6.25. The summed E-state index contributed by atoms with van der Waals surface area (Å²) in [4.78, 5) is 25.1. The van der Waals surface area contributed by atoms with Crippen LogP contribution in [0.4, 0.5) is 0 Å². The summed E-state index contributed by atoms with van der Waals surface area (Å²) < 4.78 is 5.60. The number of nitrogens with two attached hydrogens (primary N) is 1. The summed E-state index contributed by atoms with van der Waals surface area (Å²) in [5.41, 5.74) is 8.00. The molecular formula is C27H30N4O3. The number of carbonyl (C=O) groups excluding carboxylic acids is 1. The number of aliphatic hydroxyl groups excluding tert-OH is 1. The average molecular weight is 459 g/mol. The van der Waals surface area contributed by atoms with Gasteiger partial charge in [-0.3, -0.25) is 9.69 Å². The summed E-state index contributed by atoms with van der Waals surface area (Å²) in [5.74, 6) is 8.65. The van der Waals surface area contributed by atoms with Gasteiger partial charge in [0.25, 0.3) is 5.91 Å². The maximum Gasteiger partial charge on any atom is 0.262 e. The summed E-state index contributed by atoms with van der Waals surface area (Å²) >= 11 is 0. The van der Waals surface area contributed by atoms with Gasteiger partial charge in [-0.05, 0) is 75.1 Å². The highest BCUT2D eigenvalue weighted by atomic mass is 16.4. The first-order valence-corrected chi connectivity index (χ1v) is 12.3. The zero-order chi connectivity index (χ0) is 23.5. The van der Waals surface area contributed by atoms with Gasteiger partial charge in [0.15, 0.2) is 17.4 Å². The SMILES string of the molecule is Cc1cnc(CCN2C(=O)C3(N=C2N)c2cc(C#CC4CC4)ccc2CC32CCC(O)CC2)o1. The predicted octanol–water partition coefficient (Wildman–Crippen LogP) is 2.82. The largest absolute Gasteiger partial charge is 0.446 e. The molecule has 0 saturated heterocycles. The highest BCUT2D eigenvalue weighted by molar-refractivity contribution is 6.08. The molecule has 2 fully saturated rings. The van der Waals surface area contributed by atoms with Gasteiger partial charge in [0.2, 0.25) is 0 Å². The number of aromatic nitrogens is 1. The highest BCUT2D eigenvalue weighted by Crippen LogP contribution is 2.61. The smallest absolute Gasteiger partial charge is 0.262 e. The van der Waals surface area contributed by atoms with Crippen molar-refractivity contribution < 1.29 is 14.3 Å². The number of aliphatic imine (C=N–C) groups is 1. The van der Waals surface area contributed by atoms with Gasteiger partial charge >= 0.3 is 0 Å². The number of guanidine groups is 1. The van der Waals surface area contributed by atoms with Crippen molar-refractivity contribution in [3.8, 4) is 11.8 Å². The van der Waals surface area contributed by atoms with Crippen LogP contribution < -0.4 is 5.73 Å². The van der Waals surface area contributed by atoms with E-state index in [1.807, 2.05) is 6.92 Å². The minimum absolute atomic E-state index is 0.0734. The van der Waals surface area contributed by atoms with Crippen molar-refractivity contribution in [2.75, 3.05) is 6.54 Å². The third-order valence-corrected chi connectivity index (χ3v) is 8.04. The van der Waals surface area contributed by atoms with Gasteiger partial charge in [0, 0.05) is 29.9 Å². The van der Waals surface area contributed by atoms with Gasteiger partial charge in [-0.15, -0.1) is 0 Å². The number of amides is 1. The van der Waals surface area contributed by atoms with E-state index in [-0.39, 0.29) is 23.4 Å². The van der Waals surface area contributed by atoms with Crippen LogP contribution in [0.3, 0.4) is 0 Å². The monoisotopic (exact) mass is 458 g/mol. The Morgan fingerprint density at radius 1 is 1.26 bits per heavy atom. The minimum atomic E-state index is -1.06. The molecule has 1 aliphatic heterocycles. The van der Waals surface area contributed by atoms with Gasteiger partial charge in [0.05, 0.1) is 12.3 Å². The molecule has 1 unspecified atom stereocenters. The van der Waals surface area contributed by atoms with E-state index in [4.69, 9.17) is 15.1 Å². The van der Waals surface area contributed by atoms with Crippen molar-refractivity contribution in [3.63, 3.8) is 0 Å². The molecule has 176 valence electrons. The number of nitrogens with zero attached hydrogens (tertiary/aromatic N) is 3. The summed E-state index contributed by atoms with van der Waals surface area (Å²) in [7, 11) is 0. The molecule has 34 heavy (non-hydrogen) atoms. The van der Waals surface area contributed by atoms with Gasteiger partial charge in [-0.1, -0.05) is 17.9 Å². The number of aliphatic hydroxyl groups is 1. The molecular weight excluding hydrogens is 428 g/mol. The van der Waals surface area contributed by atoms with Crippen LogP contribution in [-0.4, -0.2) is 39.5 Å². The fraction of sp³-hybridized carbons (Fsp3) is 0.519. The van der Waals surface area contributed by atoms with Crippen LogP contribution >= 0.6 is 0 Å². The number of carbonyl (C=O) groups is 1. The van der Waals surface area contributed by atoms with E-state index in [0.717, 1.165) is 41.7 Å². The first kappa shape index (κ1) is 21.4. The van der Waals surface area contributed by atoms with Crippen molar-refractivity contribution in [1.82, 2.24) is 9.88 Å². The quantitative estimate of drug-likeness (QED) is 0.688. The van der Waals surface area contributed by atoms with Crippen LogP contribution in [0.5, 0.6) is 0 Å². The van der Waals surface area contributed by atoms with Crippen LogP contribution in [0.1, 0.15) is 66.9 Å². The normalized spacial score (nSPS) is 29.9. The molecule has 7 heteroatoms. The molecule has 2 saturated carbocycles. The topological polar surface area (TPSA) is 105 Å². The van der Waals surface area contributed by atoms with Crippen LogP contribution in [0.15, 0.2) is 33.8 Å². The van der Waals surface area contributed by atoms with E-state index in [0.29, 0.717) is 37.6 Å². The van der Waals surface area contributed by atoms with E-state index in [9.17, 15) is 9.90 Å². The molecule has 0 bridgehead atoms. The Bertz CT molecular complexity index is 1240. The molecule has 2 heterocycles. The Morgan fingerprint density at radius 3 is 2.76 bits per heavy atom. The fourth-order valence-electron chi connectivity index (χ4n) is 6.07. The van der Waals surface area contributed by atoms with Crippen molar-refractivity contribution >= 4 is 11.9 Å². The lowest BCUT2D eigenvalue weighted by atomic mass is 9.61. The lowest BCUT2D eigenvalue weighted by Crippen LogP contribution is -2.52. The molecule has 1 amide bonds. The van der Waals surface area contributed by atoms with E-state index in [1.165, 1.54) is 12.8 Å². The molecule has 0 radical (unpaired) electrons. The summed E-state index contributed by atoms with van der Waals surface area (Å²) in [5, 5.41) is 10.3. The van der Waals surface area contributed by atoms with Gasteiger partial charge < -0.3 is 15.3 Å². The molecule has 6 rings (SSSR count). The van der Waals surface area contributed by atoms with Crippen LogP contribution in [0.25, 0.3) is 0 Å². The number of benzene rings is 1. The third-order valence-electron chi connectivity index (χ3n) is 8.04. The number of rotatable bonds is 3. The second kappa shape index (κ2) is 7.71. The molecule has 7 nitrogen and oxygen atoms in total. The fourth-order valence-corrected chi connectivity index (χ4v) is 6.07. The van der Waals surface area contributed by atoms with Gasteiger partial charge in [-0.2, -0.15) is 0 Å². The second-order valence-electron chi connectivity index (χ2n) is 10.4. The second-order valence-corrected chi connectivity index (χ2v) is 10.4. The Balaban J connectivity index is 1.39. The molecule has 3 N–H and O–H groups in total. The van der Waals surface area contributed by atoms with Gasteiger partial charge in [-0.25, -0.2) is 9.98 Å². The number of oxazole rings is 1. The van der Waals surface area contributed by atoms with Crippen LogP contribution in [0, 0.1) is 30.1 Å². The molecule has 2 spiro atoms. The number of fused-ring (bicyclic) bond motifs is 3. The minimum Gasteiger partial charge on any atom is -0.446 e. The zero-order valence-corrected chi connectivity index (χ0v) is 19.5. The molecule has 1 aromatic carbocycles. The summed E-state index contributed by atoms with van der Waals surface area (Å²) in [6.07, 6.45) is 7.75. The van der Waals surface area contributed by atoms with E-state index in [2.05, 4.69) is 35.0 Å². The zero-order valence-electron chi connectivity index (χ0n) is 19.5. The van der Waals surface area contributed by atoms with Crippen molar-refractivity contribution in [1.29, 1.82) is 0 Å². The van der Waals surface area contributed by atoms with Crippen LogP contribution in [-0.2, 0) is 23.2 Å². The number of aryl methyl sites for hydroxylation is 1. The summed E-state index contributed by atoms with van der Waals surface area (Å²) in [6.45, 7) is 2.22. The number of hydrogen-bond donors (Lipinski definition) is 2. The third kappa shape index (κ3) is 3.27. The average Bonchev–Trinajstić information content (AvgIpc) is 3.43. The Morgan fingerprint density at radius 2 is 2.06 bits per heavy atom. The molecule has 3 aliphatic carbocycles. The Hall–Kier alpha value is -3.11.